The van der Waals surface area contributed by atoms with Crippen LogP contribution in [0.2, 0.25) is 6.55 Å². The monoisotopic (exact) mass is 742 g/mol. The zero-order valence-electron chi connectivity index (χ0n) is 27.3. The summed E-state index contributed by atoms with van der Waals surface area (Å²) in [6.45, 7) is 11.1. The summed E-state index contributed by atoms with van der Waals surface area (Å²) in [5, 5.41) is 10.6. The number of halogens is 2. The number of fused-ring (bicyclic) bond motifs is 4. The van der Waals surface area contributed by atoms with Gasteiger partial charge in [0, 0.05) is 10.2 Å². The van der Waals surface area contributed by atoms with Crippen LogP contribution < -0.4 is 0 Å². The van der Waals surface area contributed by atoms with Crippen LogP contribution in [0, 0.1) is 20.8 Å². The van der Waals surface area contributed by atoms with E-state index in [9.17, 15) is 0 Å². The first-order chi connectivity index (χ1) is 23.1. The molecule has 0 N–H and O–H groups in total. The standard InChI is InChI=1S/2C20H15.C2H5.CH3Si.2ClH.Zr/c2*1-14-12-16-8-5-11-19(20(16)13-14)18-10-4-7-15-6-2-3-9-17(15)18;2*1-2;;;/h2*2-13H,1H3;1H2,2H3;1H3;2*1H;/q3*-1;;;;+2/p-2. The van der Waals surface area contributed by atoms with Crippen LogP contribution in [0.5, 0.6) is 0 Å². The summed E-state index contributed by atoms with van der Waals surface area (Å²) < 4.78 is 0. The minimum atomic E-state index is -0.826. The summed E-state index contributed by atoms with van der Waals surface area (Å²) in [5.41, 5.74) is 7.94. The molecule has 0 fully saturated rings. The van der Waals surface area contributed by atoms with Gasteiger partial charge in [-0.1, -0.05) is 129 Å². The van der Waals surface area contributed by atoms with Crippen molar-refractivity contribution in [3.63, 3.8) is 0 Å². The van der Waals surface area contributed by atoms with E-state index in [1.165, 1.54) is 76.5 Å². The molecule has 235 valence electrons. The molecule has 0 aliphatic rings. The van der Waals surface area contributed by atoms with E-state index in [1.807, 2.05) is 0 Å². The van der Waals surface area contributed by atoms with Crippen molar-refractivity contribution in [2.75, 3.05) is 0 Å². The molecule has 0 spiro atoms. The van der Waals surface area contributed by atoms with E-state index in [0.717, 1.165) is 0 Å². The van der Waals surface area contributed by atoms with Gasteiger partial charge in [0.05, 0.1) is 0 Å². The van der Waals surface area contributed by atoms with Crippen LogP contribution in [0.25, 0.3) is 65.3 Å². The summed E-state index contributed by atoms with van der Waals surface area (Å²) in [4.78, 5) is 0. The third-order valence-electron chi connectivity index (χ3n) is 7.95. The SMILES string of the molecule is C[Si].Cc1cc2c(-c3cccc4ccccc34)cccc2[cH-]1.Cc1cc2c(-c3cccc4ccccc34)cccc2[cH-]1.[CH2-]C.[Cl][Zr][Cl]. The summed E-state index contributed by atoms with van der Waals surface area (Å²) in [7, 11) is 12.8. The van der Waals surface area contributed by atoms with Crippen LogP contribution in [-0.4, -0.2) is 10.2 Å². The van der Waals surface area contributed by atoms with Crippen LogP contribution in [0.15, 0.2) is 146 Å². The Morgan fingerprint density at radius 2 is 0.766 bits per heavy atom. The Balaban J connectivity index is 0.000000179. The fourth-order valence-electron chi connectivity index (χ4n) is 6.16. The molecular weight excluding hydrogens is 707 g/mol. The Morgan fingerprint density at radius 3 is 1.15 bits per heavy atom. The molecule has 8 aromatic rings. The zero-order valence-corrected chi connectivity index (χ0v) is 32.3. The van der Waals surface area contributed by atoms with Crippen molar-refractivity contribution in [3.05, 3.63) is 164 Å². The topological polar surface area (TPSA) is 0 Å². The third-order valence-corrected chi connectivity index (χ3v) is 7.95. The Labute approximate surface area is 302 Å². The first-order valence-electron chi connectivity index (χ1n) is 15.5. The maximum absolute atomic E-state index is 4.93. The van der Waals surface area contributed by atoms with Crippen LogP contribution >= 0.6 is 17.0 Å². The molecule has 0 aromatic heterocycles. The number of hydrogen-bond donors (Lipinski definition) is 0. The van der Waals surface area contributed by atoms with Crippen molar-refractivity contribution in [1.82, 2.24) is 0 Å². The van der Waals surface area contributed by atoms with E-state index in [1.54, 1.807) is 13.5 Å². The number of aryl methyl sites for hydroxylation is 2. The molecule has 3 radical (unpaired) electrons. The van der Waals surface area contributed by atoms with Crippen LogP contribution in [0.1, 0.15) is 18.1 Å². The van der Waals surface area contributed by atoms with Gasteiger partial charge in [-0.3, -0.25) is 0 Å². The van der Waals surface area contributed by atoms with Gasteiger partial charge >= 0.3 is 37.9 Å². The summed E-state index contributed by atoms with van der Waals surface area (Å²) in [6, 6.07) is 52.5. The Kier molecular flexibility index (Phi) is 14.3. The molecule has 0 aliphatic heterocycles. The average molecular weight is 745 g/mol. The second kappa shape index (κ2) is 18.3. The molecule has 0 saturated heterocycles. The molecule has 8 aromatic carbocycles. The summed E-state index contributed by atoms with van der Waals surface area (Å²) in [5.74, 6) is 0. The van der Waals surface area contributed by atoms with Gasteiger partial charge in [-0.2, -0.15) is 19.1 Å². The number of rotatable bonds is 2. The first-order valence-corrected chi connectivity index (χ1v) is 22.9. The molecule has 0 nitrogen and oxygen atoms in total. The second-order valence-electron chi connectivity index (χ2n) is 10.8. The number of hydrogen-bond acceptors (Lipinski definition) is 0. The molecule has 0 aliphatic carbocycles. The van der Waals surface area contributed by atoms with E-state index in [0.29, 0.717) is 0 Å². The molecule has 47 heavy (non-hydrogen) atoms. The van der Waals surface area contributed by atoms with Crippen LogP contribution in [0.3, 0.4) is 0 Å². The Bertz CT molecular complexity index is 2010. The molecule has 8 rings (SSSR count). The van der Waals surface area contributed by atoms with Crippen LogP contribution in [-0.2, 0) is 20.8 Å². The minimum absolute atomic E-state index is 0.826. The molecule has 0 heterocycles. The molecule has 0 saturated carbocycles. The van der Waals surface area contributed by atoms with E-state index in [2.05, 4.69) is 177 Å². The zero-order chi connectivity index (χ0) is 33.8. The number of benzene rings is 6. The molecule has 4 heteroatoms. The van der Waals surface area contributed by atoms with Gasteiger partial charge < -0.3 is 6.92 Å². The molecule has 0 atom stereocenters. The van der Waals surface area contributed by atoms with Crippen molar-refractivity contribution in [3.8, 4) is 22.3 Å². The summed E-state index contributed by atoms with van der Waals surface area (Å²) >= 11 is -0.826. The van der Waals surface area contributed by atoms with Gasteiger partial charge in [-0.15, -0.1) is 69.1 Å². The fourth-order valence-corrected chi connectivity index (χ4v) is 6.16. The third kappa shape index (κ3) is 8.62. The van der Waals surface area contributed by atoms with Gasteiger partial charge in [-0.05, 0) is 32.7 Å². The van der Waals surface area contributed by atoms with Gasteiger partial charge in [0.1, 0.15) is 0 Å². The van der Waals surface area contributed by atoms with Crippen molar-refractivity contribution in [1.29, 1.82) is 0 Å². The Morgan fingerprint density at radius 1 is 0.468 bits per heavy atom. The van der Waals surface area contributed by atoms with Gasteiger partial charge in [0.25, 0.3) is 0 Å². The fraction of sp³-hybridized carbons (Fsp3) is 0.0930. The van der Waals surface area contributed by atoms with Crippen molar-refractivity contribution < 1.29 is 20.8 Å². The predicted octanol–water partition coefficient (Wildman–Crippen LogP) is 13.8. The first kappa shape index (κ1) is 36.6. The van der Waals surface area contributed by atoms with Crippen molar-refractivity contribution >= 4 is 70.4 Å². The molecule has 0 bridgehead atoms. The predicted molar refractivity (Wildman–Crippen MR) is 209 cm³/mol. The summed E-state index contributed by atoms with van der Waals surface area (Å²) in [6.07, 6.45) is 0. The van der Waals surface area contributed by atoms with E-state index < -0.39 is 20.8 Å². The normalized spacial score (nSPS) is 10.1. The molecular formula is C43H38Cl2SiZr-3. The van der Waals surface area contributed by atoms with E-state index in [4.69, 9.17) is 17.0 Å². The van der Waals surface area contributed by atoms with Crippen LogP contribution in [0.4, 0.5) is 0 Å². The van der Waals surface area contributed by atoms with Crippen molar-refractivity contribution in [2.24, 2.45) is 0 Å². The Hall–Kier alpha value is -3.26. The second-order valence-corrected chi connectivity index (χ2v) is 14.5. The van der Waals surface area contributed by atoms with Gasteiger partial charge in [0.15, 0.2) is 0 Å². The van der Waals surface area contributed by atoms with Gasteiger partial charge in [0.2, 0.25) is 0 Å². The van der Waals surface area contributed by atoms with E-state index in [-0.39, 0.29) is 0 Å². The van der Waals surface area contributed by atoms with Crippen molar-refractivity contribution in [2.45, 2.75) is 27.3 Å². The maximum atomic E-state index is 4.93. The van der Waals surface area contributed by atoms with Gasteiger partial charge in [-0.25, -0.2) is 0 Å². The quantitative estimate of drug-likeness (QED) is 0.122. The average Bonchev–Trinajstić information content (AvgIpc) is 3.71. The molecule has 0 amide bonds. The van der Waals surface area contributed by atoms with E-state index >= 15 is 0 Å². The molecule has 0 unspecified atom stereocenters.